The third-order valence-corrected chi connectivity index (χ3v) is 18.7. The zero-order valence-electron chi connectivity index (χ0n) is 45.2. The van der Waals surface area contributed by atoms with Crippen LogP contribution in [0.4, 0.5) is 34.1 Å². The van der Waals surface area contributed by atoms with Gasteiger partial charge in [-0.25, -0.2) is 0 Å². The van der Waals surface area contributed by atoms with Crippen LogP contribution in [0.25, 0.3) is 54.9 Å². The molecule has 10 aromatic carbocycles. The quantitative estimate of drug-likeness (QED) is 0.164. The summed E-state index contributed by atoms with van der Waals surface area (Å²) in [5, 5.41) is 5.13. The lowest BCUT2D eigenvalue weighted by Gasteiger charge is -2.49. The predicted octanol–water partition coefficient (Wildman–Crippen LogP) is 20.0. The van der Waals surface area contributed by atoms with Crippen molar-refractivity contribution >= 4 is 55.7 Å². The van der Waals surface area contributed by atoms with Gasteiger partial charge < -0.3 is 9.80 Å². The molecular weight excluding hydrogens is 893 g/mol. The highest BCUT2D eigenvalue weighted by Gasteiger charge is 2.50. The van der Waals surface area contributed by atoms with E-state index in [0.717, 1.165) is 0 Å². The van der Waals surface area contributed by atoms with Gasteiger partial charge in [-0.2, -0.15) is 0 Å². The Hall–Kier alpha value is -7.68. The molecule has 0 N–H and O–H groups in total. The number of para-hydroxylation sites is 4. The van der Waals surface area contributed by atoms with Gasteiger partial charge in [0, 0.05) is 44.4 Å². The molecule has 0 saturated carbocycles. The second-order valence-electron chi connectivity index (χ2n) is 23.9. The second-order valence-corrected chi connectivity index (χ2v) is 23.9. The van der Waals surface area contributed by atoms with E-state index in [9.17, 15) is 0 Å². The Kier molecular flexibility index (Phi) is 9.92. The van der Waals surface area contributed by atoms with Crippen LogP contribution < -0.4 is 9.80 Å². The van der Waals surface area contributed by atoms with Crippen LogP contribution in [0, 0.1) is 27.7 Å². The van der Waals surface area contributed by atoms with Crippen LogP contribution in [0.3, 0.4) is 0 Å². The monoisotopic (exact) mass is 959 g/mol. The maximum atomic E-state index is 2.63. The van der Waals surface area contributed by atoms with Crippen LogP contribution >= 0.6 is 0 Å². The molecule has 0 spiro atoms. The molecular formula is C72H66N2. The van der Waals surface area contributed by atoms with E-state index in [2.05, 4.69) is 275 Å². The number of rotatable bonds is 6. The molecule has 0 heterocycles. The first kappa shape index (κ1) is 46.1. The Labute approximate surface area is 439 Å². The smallest absolute Gasteiger partial charge is 0.0543 e. The number of fused-ring (bicyclic) bond motifs is 13. The predicted molar refractivity (Wildman–Crippen MR) is 316 cm³/mol. The third-order valence-electron chi connectivity index (χ3n) is 18.7. The molecule has 2 heteroatoms. The number of anilines is 6. The zero-order chi connectivity index (χ0) is 51.4. The molecule has 3 aliphatic carbocycles. The maximum Gasteiger partial charge on any atom is 0.0543 e. The summed E-state index contributed by atoms with van der Waals surface area (Å²) in [4.78, 5) is 5.05. The average Bonchev–Trinajstić information content (AvgIpc) is 3.80. The summed E-state index contributed by atoms with van der Waals surface area (Å²) in [6, 6.07) is 69.4. The Balaban J connectivity index is 1.03. The number of aryl methyl sites for hydroxylation is 4. The van der Waals surface area contributed by atoms with Gasteiger partial charge in [0.25, 0.3) is 0 Å². The van der Waals surface area contributed by atoms with E-state index in [0.29, 0.717) is 0 Å². The number of hydrogen-bond donors (Lipinski definition) is 0. The fourth-order valence-corrected chi connectivity index (χ4v) is 13.8. The standard InChI is InChI=1S/C72H66N2/c1-43-25-13-21-33-61(43)73(62-34-22-14-26-44(62)2)65-41-59-67(49-31-19-17-29-47(49)65)53-39-57-51(37-55(53)69(59,5)6)52-38-56-54(40-58(52)72(11,12)71(57,9)10)68-50-32-20-18-30-48(50)66(42-60(68)70(56,7)8)74(63-35-23-15-27-45(63)3)64-36-24-16-28-46(64)4/h13-42H,1-12H3. The molecule has 13 rings (SSSR count). The minimum Gasteiger partial charge on any atom is -0.309 e. The lowest BCUT2D eigenvalue weighted by atomic mass is 9.54. The Morgan fingerprint density at radius 3 is 0.838 bits per heavy atom. The number of benzene rings is 10. The topological polar surface area (TPSA) is 6.48 Å². The molecule has 0 aromatic heterocycles. The largest absolute Gasteiger partial charge is 0.309 e. The SMILES string of the molecule is Cc1ccccc1N(c1ccccc1C)c1cc2c(c3ccccc13)-c1cc3c(cc1C2(C)C)-c1cc2c(cc1C(C)(C)C3(C)C)-c1c(cc(N(c3ccccc3C)c3ccccc3C)c3ccccc13)C2(C)C. The average molecular weight is 959 g/mol. The van der Waals surface area contributed by atoms with Gasteiger partial charge in [0.2, 0.25) is 0 Å². The van der Waals surface area contributed by atoms with Gasteiger partial charge in [-0.15, -0.1) is 0 Å². The van der Waals surface area contributed by atoms with Gasteiger partial charge in [0.1, 0.15) is 0 Å². The third kappa shape index (κ3) is 6.24. The highest BCUT2D eigenvalue weighted by molar-refractivity contribution is 6.12. The normalized spacial score (nSPS) is 15.7. The summed E-state index contributed by atoms with van der Waals surface area (Å²) >= 11 is 0. The van der Waals surface area contributed by atoms with Crippen molar-refractivity contribution < 1.29 is 0 Å². The lowest BCUT2D eigenvalue weighted by Crippen LogP contribution is -2.43. The molecule has 0 aliphatic heterocycles. The van der Waals surface area contributed by atoms with Crippen LogP contribution in [0.1, 0.15) is 111 Å². The molecule has 2 nitrogen and oxygen atoms in total. The van der Waals surface area contributed by atoms with Crippen molar-refractivity contribution in [2.24, 2.45) is 0 Å². The zero-order valence-corrected chi connectivity index (χ0v) is 45.2. The van der Waals surface area contributed by atoms with Gasteiger partial charge in [0.05, 0.1) is 11.4 Å². The number of hydrogen-bond acceptors (Lipinski definition) is 2. The van der Waals surface area contributed by atoms with Gasteiger partial charge in [0.15, 0.2) is 0 Å². The summed E-state index contributed by atoms with van der Waals surface area (Å²) in [6.07, 6.45) is 0. The summed E-state index contributed by atoms with van der Waals surface area (Å²) < 4.78 is 0. The van der Waals surface area contributed by atoms with Crippen molar-refractivity contribution in [2.75, 3.05) is 9.80 Å². The first-order valence-corrected chi connectivity index (χ1v) is 26.8. The summed E-state index contributed by atoms with van der Waals surface area (Å²) in [5.41, 5.74) is 28.0. The highest BCUT2D eigenvalue weighted by atomic mass is 15.2. The van der Waals surface area contributed by atoms with E-state index in [4.69, 9.17) is 0 Å². The molecule has 0 amide bonds. The van der Waals surface area contributed by atoms with Crippen molar-refractivity contribution in [3.63, 3.8) is 0 Å². The Morgan fingerprint density at radius 1 is 0.257 bits per heavy atom. The van der Waals surface area contributed by atoms with Gasteiger partial charge >= 0.3 is 0 Å². The molecule has 10 aromatic rings. The van der Waals surface area contributed by atoms with Crippen molar-refractivity contribution in [2.45, 2.75) is 105 Å². The molecule has 0 radical (unpaired) electrons. The fraction of sp³-hybridized carbons (Fsp3) is 0.222. The summed E-state index contributed by atoms with van der Waals surface area (Å²) in [7, 11) is 0. The van der Waals surface area contributed by atoms with Crippen molar-refractivity contribution in [3.05, 3.63) is 238 Å². The van der Waals surface area contributed by atoms with Gasteiger partial charge in [-0.3, -0.25) is 0 Å². The molecule has 0 unspecified atom stereocenters. The van der Waals surface area contributed by atoms with Crippen LogP contribution in [0.5, 0.6) is 0 Å². The van der Waals surface area contributed by atoms with E-state index in [1.165, 1.54) is 145 Å². The second kappa shape index (κ2) is 15.9. The Morgan fingerprint density at radius 2 is 0.527 bits per heavy atom. The molecule has 0 saturated heterocycles. The van der Waals surface area contributed by atoms with Gasteiger partial charge in [-0.1, -0.05) is 177 Å². The van der Waals surface area contributed by atoms with Crippen molar-refractivity contribution in [1.29, 1.82) is 0 Å². The molecule has 74 heavy (non-hydrogen) atoms. The molecule has 0 fully saturated rings. The first-order chi connectivity index (χ1) is 35.4. The minimum absolute atomic E-state index is 0.196. The molecule has 0 atom stereocenters. The molecule has 3 aliphatic rings. The van der Waals surface area contributed by atoms with Crippen molar-refractivity contribution in [3.8, 4) is 33.4 Å². The van der Waals surface area contributed by atoms with Crippen LogP contribution in [-0.2, 0) is 21.7 Å². The number of nitrogens with zero attached hydrogens (tertiary/aromatic N) is 2. The van der Waals surface area contributed by atoms with E-state index >= 15 is 0 Å². The highest BCUT2D eigenvalue weighted by Crippen LogP contribution is 2.63. The first-order valence-electron chi connectivity index (χ1n) is 26.8. The molecule has 364 valence electrons. The van der Waals surface area contributed by atoms with E-state index in [1.807, 2.05) is 0 Å². The minimum atomic E-state index is -0.277. The van der Waals surface area contributed by atoms with Crippen LogP contribution in [0.2, 0.25) is 0 Å². The maximum absolute atomic E-state index is 2.63. The Bertz CT molecular complexity index is 3670. The van der Waals surface area contributed by atoms with E-state index in [1.54, 1.807) is 0 Å². The lowest BCUT2D eigenvalue weighted by molar-refractivity contribution is 0.299. The van der Waals surface area contributed by atoms with E-state index in [-0.39, 0.29) is 21.7 Å². The van der Waals surface area contributed by atoms with Crippen molar-refractivity contribution in [1.82, 2.24) is 0 Å². The van der Waals surface area contributed by atoms with Gasteiger partial charge in [-0.05, 0) is 199 Å². The van der Waals surface area contributed by atoms with Crippen LogP contribution in [0.15, 0.2) is 182 Å². The summed E-state index contributed by atoms with van der Waals surface area (Å²) in [5.74, 6) is 0. The molecule has 0 bridgehead atoms. The van der Waals surface area contributed by atoms with E-state index < -0.39 is 0 Å². The van der Waals surface area contributed by atoms with Crippen LogP contribution in [-0.4, -0.2) is 0 Å². The summed E-state index contributed by atoms with van der Waals surface area (Å²) in [6.45, 7) is 28.8. The fourth-order valence-electron chi connectivity index (χ4n) is 13.8.